The number of fused-ring (bicyclic) bond motifs is 1. The van der Waals surface area contributed by atoms with Crippen molar-refractivity contribution in [1.29, 1.82) is 0 Å². The standard InChI is InChI=1S/C26H31N3O4/c1-15-7-9-17(10-8-15)27-23(30)20-19-13-14-26(33-19)21(20)25(32)29(18-11-12-18)22(26)24(31)28-16-5-3-2-4-6-16/h7-10,13-14,16,18-22H,2-6,11-12H2,1H3,(H,27,30)(H,28,31). The predicted octanol–water partition coefficient (Wildman–Crippen LogP) is 2.70. The molecule has 4 fully saturated rings. The molecule has 1 spiro atoms. The van der Waals surface area contributed by atoms with Gasteiger partial charge in [-0.3, -0.25) is 14.4 Å². The number of benzene rings is 1. The Balaban J connectivity index is 1.29. The van der Waals surface area contributed by atoms with Crippen molar-refractivity contribution in [2.45, 2.75) is 81.7 Å². The Morgan fingerprint density at radius 3 is 2.45 bits per heavy atom. The van der Waals surface area contributed by atoms with Crippen molar-refractivity contribution in [1.82, 2.24) is 10.2 Å². The van der Waals surface area contributed by atoms with E-state index in [1.165, 1.54) is 6.42 Å². The van der Waals surface area contributed by atoms with Gasteiger partial charge in [-0.05, 0) is 44.7 Å². The highest BCUT2D eigenvalue weighted by Gasteiger charge is 2.74. The van der Waals surface area contributed by atoms with Crippen LogP contribution in [0.1, 0.15) is 50.5 Å². The lowest BCUT2D eigenvalue weighted by atomic mass is 9.74. The number of anilines is 1. The molecule has 2 saturated heterocycles. The third-order valence-electron chi connectivity index (χ3n) is 8.07. The Kier molecular flexibility index (Phi) is 4.87. The van der Waals surface area contributed by atoms with Gasteiger partial charge in [0, 0.05) is 17.8 Å². The van der Waals surface area contributed by atoms with Gasteiger partial charge in [0.1, 0.15) is 11.6 Å². The summed E-state index contributed by atoms with van der Waals surface area (Å²) in [5, 5.41) is 6.20. The monoisotopic (exact) mass is 449 g/mol. The van der Waals surface area contributed by atoms with Gasteiger partial charge in [-0.25, -0.2) is 0 Å². The van der Waals surface area contributed by atoms with Crippen LogP contribution in [-0.2, 0) is 19.1 Å². The quantitative estimate of drug-likeness (QED) is 0.677. The molecule has 5 aliphatic rings. The van der Waals surface area contributed by atoms with Crippen LogP contribution in [0.2, 0.25) is 0 Å². The number of rotatable bonds is 5. The third-order valence-corrected chi connectivity index (χ3v) is 8.07. The lowest BCUT2D eigenvalue weighted by Gasteiger charge is -2.34. The van der Waals surface area contributed by atoms with Crippen LogP contribution in [0.15, 0.2) is 36.4 Å². The molecule has 33 heavy (non-hydrogen) atoms. The van der Waals surface area contributed by atoms with E-state index in [1.54, 1.807) is 4.90 Å². The number of aryl methyl sites for hydroxylation is 1. The number of carbonyl (C=O) groups is 3. The molecule has 1 aromatic rings. The smallest absolute Gasteiger partial charge is 0.246 e. The van der Waals surface area contributed by atoms with Gasteiger partial charge in [0.15, 0.2) is 0 Å². The number of carbonyl (C=O) groups excluding carboxylic acids is 3. The van der Waals surface area contributed by atoms with E-state index in [4.69, 9.17) is 4.74 Å². The number of ether oxygens (including phenoxy) is 1. The van der Waals surface area contributed by atoms with Crippen LogP contribution < -0.4 is 10.6 Å². The molecule has 0 radical (unpaired) electrons. The molecule has 5 unspecified atom stereocenters. The minimum absolute atomic E-state index is 0.0661. The van der Waals surface area contributed by atoms with Crippen LogP contribution in [0.25, 0.3) is 0 Å². The molecule has 2 N–H and O–H groups in total. The summed E-state index contributed by atoms with van der Waals surface area (Å²) in [6, 6.07) is 7.12. The van der Waals surface area contributed by atoms with Crippen molar-refractivity contribution in [3.05, 3.63) is 42.0 Å². The number of nitrogens with one attached hydrogen (secondary N) is 2. The Labute approximate surface area is 193 Å². The number of likely N-dealkylation sites (tertiary alicyclic amines) is 1. The summed E-state index contributed by atoms with van der Waals surface area (Å²) in [6.45, 7) is 1.99. The van der Waals surface area contributed by atoms with E-state index in [2.05, 4.69) is 10.6 Å². The molecule has 3 amide bonds. The molecule has 5 atom stereocenters. The Hall–Kier alpha value is -2.67. The topological polar surface area (TPSA) is 87.7 Å². The van der Waals surface area contributed by atoms with Crippen molar-refractivity contribution >= 4 is 23.4 Å². The van der Waals surface area contributed by atoms with Crippen molar-refractivity contribution in [3.63, 3.8) is 0 Å². The summed E-state index contributed by atoms with van der Waals surface area (Å²) in [4.78, 5) is 42.4. The molecule has 1 aromatic carbocycles. The van der Waals surface area contributed by atoms with Crippen LogP contribution >= 0.6 is 0 Å². The van der Waals surface area contributed by atoms with Gasteiger partial charge >= 0.3 is 0 Å². The normalized spacial score (nSPS) is 35.1. The highest BCUT2D eigenvalue weighted by atomic mass is 16.5. The van der Waals surface area contributed by atoms with Gasteiger partial charge in [-0.15, -0.1) is 0 Å². The summed E-state index contributed by atoms with van der Waals surface area (Å²) in [7, 11) is 0. The maximum absolute atomic E-state index is 13.7. The van der Waals surface area contributed by atoms with Crippen LogP contribution in [0.3, 0.4) is 0 Å². The Bertz CT molecular complexity index is 1010. The number of hydrogen-bond donors (Lipinski definition) is 2. The van der Waals surface area contributed by atoms with Gasteiger partial charge in [0.05, 0.1) is 17.9 Å². The van der Waals surface area contributed by atoms with Crippen LogP contribution in [0.4, 0.5) is 5.69 Å². The highest BCUT2D eigenvalue weighted by Crippen LogP contribution is 2.57. The fourth-order valence-corrected chi connectivity index (χ4v) is 6.34. The minimum Gasteiger partial charge on any atom is -0.359 e. The summed E-state index contributed by atoms with van der Waals surface area (Å²) in [5.74, 6) is -1.78. The zero-order valence-electron chi connectivity index (χ0n) is 19.0. The zero-order chi connectivity index (χ0) is 22.7. The molecule has 3 heterocycles. The summed E-state index contributed by atoms with van der Waals surface area (Å²) in [6.07, 6.45) is 10.5. The molecular weight excluding hydrogens is 418 g/mol. The minimum atomic E-state index is -1.06. The maximum atomic E-state index is 13.7. The molecule has 2 aliphatic carbocycles. The first-order valence-electron chi connectivity index (χ1n) is 12.4. The fraction of sp³-hybridized carbons (Fsp3) is 0.577. The van der Waals surface area contributed by atoms with Gasteiger partial charge < -0.3 is 20.3 Å². The number of amides is 3. The molecule has 3 aliphatic heterocycles. The average molecular weight is 450 g/mol. The second-order valence-electron chi connectivity index (χ2n) is 10.4. The Morgan fingerprint density at radius 1 is 1.03 bits per heavy atom. The van der Waals surface area contributed by atoms with E-state index in [0.29, 0.717) is 5.69 Å². The van der Waals surface area contributed by atoms with Crippen LogP contribution in [0, 0.1) is 18.8 Å². The van der Waals surface area contributed by atoms with E-state index >= 15 is 0 Å². The number of nitrogens with zero attached hydrogens (tertiary/aromatic N) is 1. The lowest BCUT2D eigenvalue weighted by molar-refractivity contribution is -0.142. The molecule has 7 nitrogen and oxygen atoms in total. The fourth-order valence-electron chi connectivity index (χ4n) is 6.34. The van der Waals surface area contributed by atoms with Crippen molar-refractivity contribution < 1.29 is 19.1 Å². The van der Waals surface area contributed by atoms with Gasteiger partial charge in [0.2, 0.25) is 17.7 Å². The first kappa shape index (κ1) is 20.9. The van der Waals surface area contributed by atoms with E-state index in [9.17, 15) is 14.4 Å². The predicted molar refractivity (Wildman–Crippen MR) is 122 cm³/mol. The molecule has 2 bridgehead atoms. The second-order valence-corrected chi connectivity index (χ2v) is 10.4. The van der Waals surface area contributed by atoms with Crippen molar-refractivity contribution in [3.8, 4) is 0 Å². The zero-order valence-corrected chi connectivity index (χ0v) is 19.0. The van der Waals surface area contributed by atoms with Crippen LogP contribution in [0.5, 0.6) is 0 Å². The average Bonchev–Trinajstić information content (AvgIpc) is 3.40. The van der Waals surface area contributed by atoms with E-state index < -0.39 is 29.6 Å². The third kappa shape index (κ3) is 3.31. The Morgan fingerprint density at radius 2 is 1.76 bits per heavy atom. The summed E-state index contributed by atoms with van der Waals surface area (Å²) >= 11 is 0. The van der Waals surface area contributed by atoms with Gasteiger partial charge in [-0.2, -0.15) is 0 Å². The SMILES string of the molecule is Cc1ccc(NC(=O)C2C3C=CC4(O3)C2C(=O)N(C2CC2)C4C(=O)NC2CCCCC2)cc1. The maximum Gasteiger partial charge on any atom is 0.246 e. The first-order chi connectivity index (χ1) is 16.0. The molecule has 6 rings (SSSR count). The van der Waals surface area contributed by atoms with E-state index in [-0.39, 0.29) is 29.8 Å². The molecular formula is C26H31N3O4. The first-order valence-corrected chi connectivity index (χ1v) is 12.4. The number of hydrogen-bond acceptors (Lipinski definition) is 4. The molecule has 7 heteroatoms. The molecule has 174 valence electrons. The molecule has 0 aromatic heterocycles. The largest absolute Gasteiger partial charge is 0.359 e. The summed E-state index contributed by atoms with van der Waals surface area (Å²) < 4.78 is 6.38. The van der Waals surface area contributed by atoms with E-state index in [0.717, 1.165) is 44.1 Å². The van der Waals surface area contributed by atoms with Gasteiger partial charge in [0.25, 0.3) is 0 Å². The van der Waals surface area contributed by atoms with Crippen molar-refractivity contribution in [2.75, 3.05) is 5.32 Å². The molecule has 2 saturated carbocycles. The summed E-state index contributed by atoms with van der Waals surface area (Å²) in [5.41, 5.74) is 0.747. The van der Waals surface area contributed by atoms with Crippen LogP contribution in [-0.4, -0.2) is 52.5 Å². The lowest BCUT2D eigenvalue weighted by Crippen LogP contribution is -2.57. The van der Waals surface area contributed by atoms with Crippen molar-refractivity contribution in [2.24, 2.45) is 11.8 Å². The highest BCUT2D eigenvalue weighted by molar-refractivity contribution is 6.03. The van der Waals surface area contributed by atoms with E-state index in [1.807, 2.05) is 43.3 Å². The second kappa shape index (κ2) is 7.69. The van der Waals surface area contributed by atoms with Gasteiger partial charge in [-0.1, -0.05) is 49.1 Å².